The molecule has 0 aromatic heterocycles. The van der Waals surface area contributed by atoms with Crippen LogP contribution in [0.2, 0.25) is 0 Å². The lowest BCUT2D eigenvalue weighted by Gasteiger charge is -2.17. The van der Waals surface area contributed by atoms with Gasteiger partial charge in [-0.1, -0.05) is 36.5 Å². The van der Waals surface area contributed by atoms with E-state index in [0.29, 0.717) is 0 Å². The normalized spacial score (nSPS) is 17.8. The van der Waals surface area contributed by atoms with Crippen molar-refractivity contribution in [2.45, 2.75) is 20.8 Å². The maximum Gasteiger partial charge on any atom is 0.0418 e. The molecule has 0 spiro atoms. The molecule has 1 heterocycles. The van der Waals surface area contributed by atoms with Gasteiger partial charge in [0.05, 0.1) is 0 Å². The van der Waals surface area contributed by atoms with E-state index in [1.165, 1.54) is 22.4 Å². The summed E-state index contributed by atoms with van der Waals surface area (Å²) in [6.07, 6.45) is 10.3. The molecule has 0 atom stereocenters. The van der Waals surface area contributed by atoms with Gasteiger partial charge in [-0.05, 0) is 32.4 Å². The highest BCUT2D eigenvalue weighted by molar-refractivity contribution is 5.48. The van der Waals surface area contributed by atoms with Gasteiger partial charge in [0.25, 0.3) is 0 Å². The fourth-order valence-electron chi connectivity index (χ4n) is 1.47. The lowest BCUT2D eigenvalue weighted by molar-refractivity contribution is 0.865. The molecular weight excluding hydrogens is 182 g/mol. The summed E-state index contributed by atoms with van der Waals surface area (Å²) in [5, 5.41) is 3.40. The van der Waals surface area contributed by atoms with Gasteiger partial charge in [-0.15, -0.1) is 0 Å². The molecule has 1 aliphatic rings. The molecule has 0 radical (unpaired) electrons. The second-order valence-corrected chi connectivity index (χ2v) is 3.75. The van der Waals surface area contributed by atoms with Crippen LogP contribution in [0.5, 0.6) is 0 Å². The molecule has 1 rings (SSSR count). The Hall–Kier alpha value is -1.50. The third-order valence-corrected chi connectivity index (χ3v) is 2.45. The number of nitrogens with one attached hydrogen (secondary N) is 1. The Morgan fingerprint density at radius 1 is 1.47 bits per heavy atom. The number of hydrogen-bond acceptors (Lipinski definition) is 1. The van der Waals surface area contributed by atoms with Crippen LogP contribution in [-0.4, -0.2) is 6.54 Å². The number of hydrogen-bond donors (Lipinski definition) is 1. The summed E-state index contributed by atoms with van der Waals surface area (Å²) in [6, 6.07) is 0. The third kappa shape index (κ3) is 2.98. The third-order valence-electron chi connectivity index (χ3n) is 2.45. The highest BCUT2D eigenvalue weighted by atomic mass is 14.9. The van der Waals surface area contributed by atoms with E-state index >= 15 is 0 Å². The van der Waals surface area contributed by atoms with E-state index in [9.17, 15) is 0 Å². The highest BCUT2D eigenvalue weighted by Gasteiger charge is 2.06. The van der Waals surface area contributed by atoms with Crippen molar-refractivity contribution in [2.75, 3.05) is 6.54 Å². The van der Waals surface area contributed by atoms with Gasteiger partial charge in [0, 0.05) is 17.8 Å². The topological polar surface area (TPSA) is 12.0 Å². The summed E-state index contributed by atoms with van der Waals surface area (Å²) in [5.41, 5.74) is 4.95. The summed E-state index contributed by atoms with van der Waals surface area (Å²) >= 11 is 0. The molecular formula is C14H19N. The molecule has 15 heavy (non-hydrogen) atoms. The van der Waals surface area contributed by atoms with Gasteiger partial charge in [0.15, 0.2) is 0 Å². The van der Waals surface area contributed by atoms with Crippen molar-refractivity contribution < 1.29 is 0 Å². The van der Waals surface area contributed by atoms with Gasteiger partial charge in [0.1, 0.15) is 0 Å². The predicted octanol–water partition coefficient (Wildman–Crippen LogP) is 3.50. The van der Waals surface area contributed by atoms with Crippen molar-refractivity contribution in [3.05, 3.63) is 59.4 Å². The van der Waals surface area contributed by atoms with Crippen molar-refractivity contribution in [1.29, 1.82) is 0 Å². The summed E-state index contributed by atoms with van der Waals surface area (Å²) < 4.78 is 0. The largest absolute Gasteiger partial charge is 0.381 e. The zero-order chi connectivity index (χ0) is 11.3. The van der Waals surface area contributed by atoms with Gasteiger partial charge >= 0.3 is 0 Å². The lowest BCUT2D eigenvalue weighted by Crippen LogP contribution is -2.20. The fourth-order valence-corrected chi connectivity index (χ4v) is 1.47. The van der Waals surface area contributed by atoms with E-state index in [-0.39, 0.29) is 0 Å². The Kier molecular flexibility index (Phi) is 4.17. The van der Waals surface area contributed by atoms with E-state index in [4.69, 9.17) is 0 Å². The van der Waals surface area contributed by atoms with Crippen molar-refractivity contribution in [1.82, 2.24) is 5.32 Å². The van der Waals surface area contributed by atoms with Crippen LogP contribution in [0.1, 0.15) is 20.8 Å². The van der Waals surface area contributed by atoms with Crippen molar-refractivity contribution in [3.63, 3.8) is 0 Å². The van der Waals surface area contributed by atoms with Gasteiger partial charge < -0.3 is 5.32 Å². The van der Waals surface area contributed by atoms with Gasteiger partial charge in [-0.3, -0.25) is 0 Å². The summed E-state index contributed by atoms with van der Waals surface area (Å²) in [7, 11) is 0. The Balaban J connectivity index is 3.07. The number of allylic oxidation sites excluding steroid dienone is 6. The zero-order valence-corrected chi connectivity index (χ0v) is 9.80. The first-order chi connectivity index (χ1) is 7.19. The smallest absolute Gasteiger partial charge is 0.0418 e. The molecule has 0 unspecified atom stereocenters. The Labute approximate surface area is 92.6 Å². The molecule has 0 saturated heterocycles. The number of dihydropyridines is 1. The Morgan fingerprint density at radius 3 is 2.67 bits per heavy atom. The first-order valence-electron chi connectivity index (χ1n) is 5.26. The Morgan fingerprint density at radius 2 is 2.20 bits per heavy atom. The number of rotatable bonds is 3. The summed E-state index contributed by atoms with van der Waals surface area (Å²) in [6.45, 7) is 11.0. The van der Waals surface area contributed by atoms with Crippen LogP contribution in [0.4, 0.5) is 0 Å². The van der Waals surface area contributed by atoms with E-state index in [1.54, 1.807) is 0 Å². The first kappa shape index (κ1) is 11.6. The molecule has 0 aromatic carbocycles. The standard InChI is InChI=1S/C14H19N/c1-5-7-13(12(4)6-2)14-9-8-11(3)10-15-14/h5-9,15H,2,10H2,1,3-4H3/b7-5-,13-12+. The van der Waals surface area contributed by atoms with Crippen molar-refractivity contribution >= 4 is 0 Å². The molecule has 0 saturated carbocycles. The lowest BCUT2D eigenvalue weighted by atomic mass is 10.0. The fraction of sp³-hybridized carbons (Fsp3) is 0.286. The molecule has 1 nitrogen and oxygen atoms in total. The second-order valence-electron chi connectivity index (χ2n) is 3.75. The van der Waals surface area contributed by atoms with Crippen LogP contribution in [0.15, 0.2) is 59.4 Å². The molecule has 1 heteroatoms. The van der Waals surface area contributed by atoms with Gasteiger partial charge in [0.2, 0.25) is 0 Å². The second kappa shape index (κ2) is 5.40. The van der Waals surface area contributed by atoms with Gasteiger partial charge in [-0.2, -0.15) is 0 Å². The first-order valence-corrected chi connectivity index (χ1v) is 5.26. The van der Waals surface area contributed by atoms with Crippen molar-refractivity contribution in [3.8, 4) is 0 Å². The minimum Gasteiger partial charge on any atom is -0.381 e. The van der Waals surface area contributed by atoms with E-state index < -0.39 is 0 Å². The SMILES string of the molecule is C=C/C(C)=C(\C=C/C)C1=CC=C(C)CN1. The highest BCUT2D eigenvalue weighted by Crippen LogP contribution is 2.18. The van der Waals surface area contributed by atoms with Crippen LogP contribution in [-0.2, 0) is 0 Å². The average molecular weight is 201 g/mol. The quantitative estimate of drug-likeness (QED) is 0.689. The Bertz CT molecular complexity index is 365. The van der Waals surface area contributed by atoms with E-state index in [1.807, 2.05) is 13.0 Å². The molecule has 0 amide bonds. The maximum atomic E-state index is 3.81. The molecule has 0 bridgehead atoms. The van der Waals surface area contributed by atoms with Crippen LogP contribution in [0.25, 0.3) is 0 Å². The molecule has 1 aliphatic heterocycles. The maximum absolute atomic E-state index is 3.81. The molecule has 1 N–H and O–H groups in total. The van der Waals surface area contributed by atoms with Crippen molar-refractivity contribution in [2.24, 2.45) is 0 Å². The van der Waals surface area contributed by atoms with Crippen LogP contribution < -0.4 is 5.32 Å². The molecule has 80 valence electrons. The predicted molar refractivity (Wildman–Crippen MR) is 67.6 cm³/mol. The van der Waals surface area contributed by atoms with Gasteiger partial charge in [-0.25, -0.2) is 0 Å². The van der Waals surface area contributed by atoms with Crippen LogP contribution in [0, 0.1) is 0 Å². The summed E-state index contributed by atoms with van der Waals surface area (Å²) in [5.74, 6) is 0. The van der Waals surface area contributed by atoms with Crippen LogP contribution in [0.3, 0.4) is 0 Å². The zero-order valence-electron chi connectivity index (χ0n) is 9.80. The molecule has 0 aromatic rings. The van der Waals surface area contributed by atoms with E-state index in [0.717, 1.165) is 6.54 Å². The molecule has 0 aliphatic carbocycles. The summed E-state index contributed by atoms with van der Waals surface area (Å²) in [4.78, 5) is 0. The molecule has 0 fully saturated rings. The van der Waals surface area contributed by atoms with Crippen LogP contribution >= 0.6 is 0 Å². The average Bonchev–Trinajstić information content (AvgIpc) is 2.26. The van der Waals surface area contributed by atoms with E-state index in [2.05, 4.69) is 50.0 Å². The monoisotopic (exact) mass is 201 g/mol. The minimum absolute atomic E-state index is 0.928. The minimum atomic E-state index is 0.928.